The summed E-state index contributed by atoms with van der Waals surface area (Å²) in [6.45, 7) is 1.42. The molecule has 13 heavy (non-hydrogen) atoms. The molecule has 0 bridgehead atoms. The molecule has 1 aromatic rings. The van der Waals surface area contributed by atoms with Gasteiger partial charge in [-0.05, 0) is 6.07 Å². The van der Waals surface area contributed by atoms with Gasteiger partial charge in [-0.15, -0.1) is 0 Å². The van der Waals surface area contributed by atoms with Crippen molar-refractivity contribution in [1.82, 2.24) is 5.43 Å². The lowest BCUT2D eigenvalue weighted by atomic mass is 10.4. The first kappa shape index (κ1) is 9.38. The average Bonchev–Trinajstić information content (AvgIpc) is 2.08. The van der Waals surface area contributed by atoms with Gasteiger partial charge in [0.2, 0.25) is 11.6 Å². The molecule has 0 spiro atoms. The third kappa shape index (κ3) is 3.02. The third-order valence-electron chi connectivity index (χ3n) is 1.51. The lowest BCUT2D eigenvalue weighted by Crippen LogP contribution is -2.32. The van der Waals surface area contributed by atoms with Crippen LogP contribution in [0.1, 0.15) is 12.6 Å². The molecule has 0 unspecified atom stereocenters. The summed E-state index contributed by atoms with van der Waals surface area (Å²) in [6, 6.07) is 5.75. The predicted octanol–water partition coefficient (Wildman–Crippen LogP) is -0.0189. The molecule has 68 valence electrons. The number of aromatic nitrogens is 1. The number of hydrogen-bond acceptors (Lipinski definition) is 2. The lowest BCUT2D eigenvalue weighted by Gasteiger charge is -1.92. The van der Waals surface area contributed by atoms with Crippen LogP contribution in [0.3, 0.4) is 0 Å². The van der Waals surface area contributed by atoms with Crippen LogP contribution < -0.4 is 9.99 Å². The number of rotatable bonds is 2. The molecule has 0 atom stereocenters. The highest BCUT2D eigenvalue weighted by molar-refractivity contribution is 5.78. The van der Waals surface area contributed by atoms with Crippen LogP contribution in [-0.2, 0) is 11.8 Å². The predicted molar refractivity (Wildman–Crippen MR) is 49.0 cm³/mol. The molecule has 0 saturated heterocycles. The summed E-state index contributed by atoms with van der Waals surface area (Å²) in [5.41, 5.74) is 3.27. The summed E-state index contributed by atoms with van der Waals surface area (Å²) < 4.78 is 1.91. The zero-order valence-electron chi connectivity index (χ0n) is 7.69. The van der Waals surface area contributed by atoms with E-state index in [1.165, 1.54) is 6.92 Å². The van der Waals surface area contributed by atoms with Crippen LogP contribution in [0, 0.1) is 0 Å². The van der Waals surface area contributed by atoms with Gasteiger partial charge in [0.25, 0.3) is 0 Å². The van der Waals surface area contributed by atoms with Crippen LogP contribution in [0.15, 0.2) is 29.5 Å². The summed E-state index contributed by atoms with van der Waals surface area (Å²) >= 11 is 0. The number of nitrogens with one attached hydrogen (secondary N) is 1. The molecular formula is C9H12N3O+. The fourth-order valence-corrected chi connectivity index (χ4v) is 0.860. The smallest absolute Gasteiger partial charge is 0.236 e. The number of nitrogens with zero attached hydrogens (tertiary/aromatic N) is 2. The summed E-state index contributed by atoms with van der Waals surface area (Å²) in [5.74, 6) is -0.171. The second kappa shape index (κ2) is 4.35. The van der Waals surface area contributed by atoms with Crippen molar-refractivity contribution in [3.63, 3.8) is 0 Å². The van der Waals surface area contributed by atoms with E-state index in [0.717, 1.165) is 5.69 Å². The quantitative estimate of drug-likeness (QED) is 0.386. The summed E-state index contributed by atoms with van der Waals surface area (Å²) in [4.78, 5) is 10.5. The van der Waals surface area contributed by atoms with E-state index >= 15 is 0 Å². The van der Waals surface area contributed by atoms with Crippen molar-refractivity contribution >= 4 is 12.1 Å². The molecule has 0 saturated carbocycles. The Morgan fingerprint density at radius 3 is 3.00 bits per heavy atom. The highest BCUT2D eigenvalue weighted by Gasteiger charge is 1.98. The molecule has 0 aliphatic carbocycles. The van der Waals surface area contributed by atoms with Crippen LogP contribution in [0.2, 0.25) is 0 Å². The summed E-state index contributed by atoms with van der Waals surface area (Å²) in [5, 5.41) is 3.76. The Bertz CT molecular complexity index is 333. The van der Waals surface area contributed by atoms with Gasteiger partial charge in [0.1, 0.15) is 13.3 Å². The van der Waals surface area contributed by atoms with Gasteiger partial charge >= 0.3 is 0 Å². The molecule has 1 amide bonds. The maximum atomic E-state index is 10.5. The van der Waals surface area contributed by atoms with Crippen LogP contribution in [0.25, 0.3) is 0 Å². The van der Waals surface area contributed by atoms with Crippen molar-refractivity contribution in [2.45, 2.75) is 6.92 Å². The van der Waals surface area contributed by atoms with Gasteiger partial charge in [-0.3, -0.25) is 4.79 Å². The standard InChI is InChI=1S/C9H11N3O/c1-8(13)11-10-7-9-5-3-4-6-12(9)2/h3-7H,1-2H3/p+1. The third-order valence-corrected chi connectivity index (χ3v) is 1.51. The normalized spacial score (nSPS) is 10.3. The topological polar surface area (TPSA) is 45.3 Å². The Morgan fingerprint density at radius 2 is 2.38 bits per heavy atom. The van der Waals surface area contributed by atoms with Gasteiger partial charge < -0.3 is 0 Å². The molecule has 0 radical (unpaired) electrons. The molecule has 0 aromatic carbocycles. The van der Waals surface area contributed by atoms with Crippen molar-refractivity contribution in [3.8, 4) is 0 Å². The number of carbonyl (C=O) groups excluding carboxylic acids is 1. The fraction of sp³-hybridized carbons (Fsp3) is 0.222. The maximum absolute atomic E-state index is 10.5. The number of pyridine rings is 1. The number of amides is 1. The Morgan fingerprint density at radius 1 is 1.62 bits per heavy atom. The fourth-order valence-electron chi connectivity index (χ4n) is 0.860. The minimum Gasteiger partial charge on any atom is -0.274 e. The Kier molecular flexibility index (Phi) is 3.14. The van der Waals surface area contributed by atoms with E-state index in [1.807, 2.05) is 36.0 Å². The van der Waals surface area contributed by atoms with Gasteiger partial charge in [0, 0.05) is 19.1 Å². The molecular weight excluding hydrogens is 166 g/mol. The Balaban J connectivity index is 2.68. The van der Waals surface area contributed by atoms with E-state index in [1.54, 1.807) is 6.21 Å². The molecule has 1 aromatic heterocycles. The van der Waals surface area contributed by atoms with E-state index in [9.17, 15) is 4.79 Å². The maximum Gasteiger partial charge on any atom is 0.236 e. The second-order valence-corrected chi connectivity index (χ2v) is 2.66. The van der Waals surface area contributed by atoms with Gasteiger partial charge in [0.05, 0.1) is 0 Å². The number of aryl methyl sites for hydroxylation is 1. The molecule has 0 aliphatic heterocycles. The highest BCUT2D eigenvalue weighted by atomic mass is 16.2. The van der Waals surface area contributed by atoms with E-state index in [2.05, 4.69) is 10.5 Å². The zero-order valence-corrected chi connectivity index (χ0v) is 7.69. The Hall–Kier alpha value is -1.71. The zero-order chi connectivity index (χ0) is 9.68. The van der Waals surface area contributed by atoms with Crippen molar-refractivity contribution in [2.24, 2.45) is 12.1 Å². The summed E-state index contributed by atoms with van der Waals surface area (Å²) in [7, 11) is 1.91. The average molecular weight is 178 g/mol. The minimum atomic E-state index is -0.171. The van der Waals surface area contributed by atoms with E-state index in [0.29, 0.717) is 0 Å². The van der Waals surface area contributed by atoms with Crippen LogP contribution >= 0.6 is 0 Å². The molecule has 0 fully saturated rings. The van der Waals surface area contributed by atoms with Crippen molar-refractivity contribution < 1.29 is 9.36 Å². The van der Waals surface area contributed by atoms with E-state index < -0.39 is 0 Å². The first-order valence-corrected chi connectivity index (χ1v) is 3.94. The monoisotopic (exact) mass is 178 g/mol. The number of carbonyl (C=O) groups is 1. The van der Waals surface area contributed by atoms with Crippen molar-refractivity contribution in [2.75, 3.05) is 0 Å². The van der Waals surface area contributed by atoms with Crippen molar-refractivity contribution in [3.05, 3.63) is 30.1 Å². The van der Waals surface area contributed by atoms with Crippen LogP contribution in [0.5, 0.6) is 0 Å². The molecule has 0 aliphatic rings. The second-order valence-electron chi connectivity index (χ2n) is 2.66. The van der Waals surface area contributed by atoms with E-state index in [4.69, 9.17) is 0 Å². The molecule has 4 heteroatoms. The van der Waals surface area contributed by atoms with Gasteiger partial charge in [-0.25, -0.2) is 9.99 Å². The molecule has 1 rings (SSSR count). The van der Waals surface area contributed by atoms with E-state index in [-0.39, 0.29) is 5.91 Å². The van der Waals surface area contributed by atoms with Crippen LogP contribution in [0.4, 0.5) is 0 Å². The Labute approximate surface area is 76.9 Å². The largest absolute Gasteiger partial charge is 0.274 e. The number of hydrazone groups is 1. The summed E-state index contributed by atoms with van der Waals surface area (Å²) in [6.07, 6.45) is 3.51. The van der Waals surface area contributed by atoms with Crippen LogP contribution in [-0.4, -0.2) is 12.1 Å². The first-order valence-electron chi connectivity index (χ1n) is 3.94. The minimum absolute atomic E-state index is 0.171. The SMILES string of the molecule is CC(=O)N/N=C/c1cccc[n+]1C. The van der Waals surface area contributed by atoms with Crippen molar-refractivity contribution in [1.29, 1.82) is 0 Å². The van der Waals surface area contributed by atoms with Gasteiger partial charge in [0.15, 0.2) is 6.20 Å². The number of hydrogen-bond donors (Lipinski definition) is 1. The first-order chi connectivity index (χ1) is 6.20. The van der Waals surface area contributed by atoms with Gasteiger partial charge in [-0.2, -0.15) is 5.10 Å². The van der Waals surface area contributed by atoms with Gasteiger partial charge in [-0.1, -0.05) is 0 Å². The molecule has 4 nitrogen and oxygen atoms in total. The lowest BCUT2D eigenvalue weighted by molar-refractivity contribution is -0.672. The molecule has 1 N–H and O–H groups in total. The molecule has 1 heterocycles. The highest BCUT2D eigenvalue weighted by Crippen LogP contribution is 1.84.